The van der Waals surface area contributed by atoms with E-state index in [-0.39, 0.29) is 17.2 Å². The molecule has 1 aromatic rings. The van der Waals surface area contributed by atoms with Crippen molar-refractivity contribution in [3.63, 3.8) is 0 Å². The highest BCUT2D eigenvalue weighted by Gasteiger charge is 2.35. The van der Waals surface area contributed by atoms with Crippen LogP contribution >= 0.6 is 0 Å². The number of hydrogen-bond acceptors (Lipinski definition) is 4. The van der Waals surface area contributed by atoms with E-state index in [1.54, 1.807) is 26.0 Å². The van der Waals surface area contributed by atoms with Crippen LogP contribution in [-0.4, -0.2) is 42.3 Å². The van der Waals surface area contributed by atoms with E-state index in [0.29, 0.717) is 31.4 Å². The normalized spacial score (nSPS) is 24.0. The first-order valence-electron chi connectivity index (χ1n) is 7.12. The molecule has 0 aliphatic carbocycles. The topological polar surface area (TPSA) is 74.7 Å². The van der Waals surface area contributed by atoms with Crippen LogP contribution in [0.25, 0.3) is 0 Å². The Morgan fingerprint density at radius 3 is 2.76 bits per heavy atom. The van der Waals surface area contributed by atoms with Crippen LogP contribution in [0.4, 0.5) is 0 Å². The number of β-amino-alcohol motifs (C(OH)–C–C–N with tert-alkyl or cyclic N) is 1. The van der Waals surface area contributed by atoms with Crippen molar-refractivity contribution < 1.29 is 18.3 Å². The van der Waals surface area contributed by atoms with Gasteiger partial charge in [0.2, 0.25) is 10.0 Å². The van der Waals surface area contributed by atoms with Crippen molar-refractivity contribution in [2.45, 2.75) is 43.6 Å². The Hall–Kier alpha value is -1.24. The summed E-state index contributed by atoms with van der Waals surface area (Å²) < 4.78 is 26.6. The lowest BCUT2D eigenvalue weighted by molar-refractivity contribution is 0.00939. The molecule has 0 radical (unpaired) electrons. The van der Waals surface area contributed by atoms with Crippen LogP contribution in [0.1, 0.15) is 43.5 Å². The van der Waals surface area contributed by atoms with E-state index in [9.17, 15) is 18.3 Å². The largest absolute Gasteiger partial charge is 0.389 e. The van der Waals surface area contributed by atoms with Crippen LogP contribution in [0.5, 0.6) is 0 Å². The molecule has 1 saturated heterocycles. The van der Waals surface area contributed by atoms with Crippen molar-refractivity contribution in [1.29, 1.82) is 0 Å². The van der Waals surface area contributed by atoms with Gasteiger partial charge in [-0.05, 0) is 31.9 Å². The summed E-state index contributed by atoms with van der Waals surface area (Å²) in [7, 11) is -3.68. The first-order chi connectivity index (χ1) is 9.76. The number of sulfonamides is 1. The number of hydrogen-bond donors (Lipinski definition) is 1. The fourth-order valence-corrected chi connectivity index (χ4v) is 4.20. The van der Waals surface area contributed by atoms with Crippen LogP contribution in [0.15, 0.2) is 29.2 Å². The van der Waals surface area contributed by atoms with Gasteiger partial charge in [-0.1, -0.05) is 19.1 Å². The van der Waals surface area contributed by atoms with E-state index < -0.39 is 15.6 Å². The third kappa shape index (κ3) is 3.51. The summed E-state index contributed by atoms with van der Waals surface area (Å²) in [5, 5.41) is 10.1. The van der Waals surface area contributed by atoms with Crippen molar-refractivity contribution in [3.8, 4) is 0 Å². The molecular formula is C15H21NO4S. The number of ketones is 1. The van der Waals surface area contributed by atoms with Crippen molar-refractivity contribution in [3.05, 3.63) is 29.8 Å². The maximum absolute atomic E-state index is 12.6. The monoisotopic (exact) mass is 311 g/mol. The van der Waals surface area contributed by atoms with E-state index in [1.807, 2.05) is 0 Å². The molecule has 0 saturated carbocycles. The van der Waals surface area contributed by atoms with Gasteiger partial charge in [-0.3, -0.25) is 4.79 Å². The number of nitrogens with zero attached hydrogens (tertiary/aromatic N) is 1. The van der Waals surface area contributed by atoms with Gasteiger partial charge < -0.3 is 5.11 Å². The second-order valence-corrected chi connectivity index (χ2v) is 7.68. The number of carbonyl (C=O) groups excluding carboxylic acids is 1. The molecule has 6 heteroatoms. The molecule has 116 valence electrons. The van der Waals surface area contributed by atoms with Crippen LogP contribution in [-0.2, 0) is 10.0 Å². The van der Waals surface area contributed by atoms with E-state index >= 15 is 0 Å². The van der Waals surface area contributed by atoms with Gasteiger partial charge in [0.1, 0.15) is 0 Å². The van der Waals surface area contributed by atoms with Gasteiger partial charge in [0.15, 0.2) is 5.78 Å². The van der Waals surface area contributed by atoms with Gasteiger partial charge in [0, 0.05) is 25.1 Å². The fourth-order valence-electron chi connectivity index (χ4n) is 2.56. The third-order valence-electron chi connectivity index (χ3n) is 3.75. The molecule has 0 aromatic heterocycles. The third-order valence-corrected chi connectivity index (χ3v) is 5.60. The quantitative estimate of drug-likeness (QED) is 0.861. The molecule has 1 unspecified atom stereocenters. The summed E-state index contributed by atoms with van der Waals surface area (Å²) in [6.07, 6.45) is 1.55. The number of rotatable bonds is 4. The van der Waals surface area contributed by atoms with Gasteiger partial charge in [-0.15, -0.1) is 0 Å². The van der Waals surface area contributed by atoms with E-state index in [0.717, 1.165) is 0 Å². The number of aliphatic hydroxyl groups is 1. The summed E-state index contributed by atoms with van der Waals surface area (Å²) >= 11 is 0. The molecule has 1 fully saturated rings. The zero-order valence-electron chi connectivity index (χ0n) is 12.4. The number of carbonyl (C=O) groups is 1. The van der Waals surface area contributed by atoms with Gasteiger partial charge >= 0.3 is 0 Å². The lowest BCUT2D eigenvalue weighted by atomic mass is 9.97. The molecule has 1 aliphatic heterocycles. The van der Waals surface area contributed by atoms with Crippen molar-refractivity contribution >= 4 is 15.8 Å². The zero-order chi connectivity index (χ0) is 15.7. The minimum atomic E-state index is -3.68. The average molecular weight is 311 g/mol. The molecule has 21 heavy (non-hydrogen) atoms. The molecular weight excluding hydrogens is 290 g/mol. The van der Waals surface area contributed by atoms with Gasteiger partial charge in [0.25, 0.3) is 0 Å². The minimum Gasteiger partial charge on any atom is -0.389 e. The molecule has 5 nitrogen and oxygen atoms in total. The molecule has 2 rings (SSSR count). The minimum absolute atomic E-state index is 0.0846. The molecule has 0 amide bonds. The first-order valence-corrected chi connectivity index (χ1v) is 8.56. The maximum Gasteiger partial charge on any atom is 0.243 e. The molecule has 0 bridgehead atoms. The summed E-state index contributed by atoms with van der Waals surface area (Å²) in [5.74, 6) is -0.0855. The SMILES string of the molecule is CCC(=O)c1cccc(S(=O)(=O)N2CCCC(C)(O)C2)c1. The molecule has 1 N–H and O–H groups in total. The Balaban J connectivity index is 2.33. The highest BCUT2D eigenvalue weighted by molar-refractivity contribution is 7.89. The predicted molar refractivity (Wildman–Crippen MR) is 79.7 cm³/mol. The lowest BCUT2D eigenvalue weighted by Crippen LogP contribution is -2.48. The number of Topliss-reactive ketones (excluding diaryl/α,β-unsaturated/α-hetero) is 1. The summed E-state index contributed by atoms with van der Waals surface area (Å²) in [5.41, 5.74) is -0.593. The molecule has 1 aromatic carbocycles. The van der Waals surface area contributed by atoms with Crippen LogP contribution < -0.4 is 0 Å². The predicted octanol–water partition coefficient (Wildman–Crippen LogP) is 1.81. The smallest absolute Gasteiger partial charge is 0.243 e. The summed E-state index contributed by atoms with van der Waals surface area (Å²) in [4.78, 5) is 11.8. The van der Waals surface area contributed by atoms with Gasteiger partial charge in [-0.25, -0.2) is 8.42 Å². The van der Waals surface area contributed by atoms with Gasteiger partial charge in [0.05, 0.1) is 10.5 Å². The Morgan fingerprint density at radius 1 is 1.43 bits per heavy atom. The highest BCUT2D eigenvalue weighted by atomic mass is 32.2. The highest BCUT2D eigenvalue weighted by Crippen LogP contribution is 2.26. The Morgan fingerprint density at radius 2 is 2.14 bits per heavy atom. The molecule has 1 heterocycles. The molecule has 0 spiro atoms. The maximum atomic E-state index is 12.6. The summed E-state index contributed by atoms with van der Waals surface area (Å²) in [6, 6.07) is 6.12. The lowest BCUT2D eigenvalue weighted by Gasteiger charge is -2.35. The van der Waals surface area contributed by atoms with E-state index in [1.165, 1.54) is 16.4 Å². The van der Waals surface area contributed by atoms with E-state index in [2.05, 4.69) is 0 Å². The fraction of sp³-hybridized carbons (Fsp3) is 0.533. The Labute approximate surface area is 125 Å². The average Bonchev–Trinajstić information content (AvgIpc) is 2.45. The van der Waals surface area contributed by atoms with Crippen molar-refractivity contribution in [2.24, 2.45) is 0 Å². The van der Waals surface area contributed by atoms with Crippen LogP contribution in [0.3, 0.4) is 0 Å². The van der Waals surface area contributed by atoms with Crippen molar-refractivity contribution in [1.82, 2.24) is 4.31 Å². The van der Waals surface area contributed by atoms with Gasteiger partial charge in [-0.2, -0.15) is 4.31 Å². The van der Waals surface area contributed by atoms with Crippen molar-refractivity contribution in [2.75, 3.05) is 13.1 Å². The summed E-state index contributed by atoms with van der Waals surface area (Å²) in [6.45, 7) is 3.86. The second-order valence-electron chi connectivity index (χ2n) is 5.74. The van der Waals surface area contributed by atoms with E-state index in [4.69, 9.17) is 0 Å². The Bertz CT molecular complexity index is 637. The first kappa shape index (κ1) is 16.1. The molecule has 1 atom stereocenters. The second kappa shape index (κ2) is 5.87. The Kier molecular flexibility index (Phi) is 4.51. The van der Waals surface area contributed by atoms with Crippen LogP contribution in [0.2, 0.25) is 0 Å². The number of benzene rings is 1. The zero-order valence-corrected chi connectivity index (χ0v) is 13.2. The van der Waals surface area contributed by atoms with Crippen LogP contribution in [0, 0.1) is 0 Å². The standard InChI is InChI=1S/C15H21NO4S/c1-3-14(17)12-6-4-7-13(10-12)21(19,20)16-9-5-8-15(2,18)11-16/h4,6-7,10,18H,3,5,8-9,11H2,1-2H3. The molecule has 1 aliphatic rings. The number of piperidine rings is 1.